The molecule has 1 aliphatic heterocycles. The highest BCUT2D eigenvalue weighted by Gasteiger charge is 2.23. The van der Waals surface area contributed by atoms with E-state index in [0.717, 1.165) is 5.56 Å². The molecule has 98 valence electrons. The van der Waals surface area contributed by atoms with Crippen molar-refractivity contribution in [2.75, 3.05) is 19.8 Å². The van der Waals surface area contributed by atoms with Gasteiger partial charge in [-0.3, -0.25) is 4.79 Å². The molecule has 4 nitrogen and oxygen atoms in total. The Hall–Kier alpha value is -1.10. The van der Waals surface area contributed by atoms with Crippen molar-refractivity contribution in [1.82, 2.24) is 10.6 Å². The molecule has 1 fully saturated rings. The summed E-state index contributed by atoms with van der Waals surface area (Å²) in [7, 11) is 0. The van der Waals surface area contributed by atoms with Gasteiger partial charge in [-0.05, 0) is 18.6 Å². The topological polar surface area (TPSA) is 50.4 Å². The first-order valence-corrected chi connectivity index (χ1v) is 6.42. The molecule has 1 amide bonds. The second-order valence-electron chi connectivity index (χ2n) is 4.33. The lowest BCUT2D eigenvalue weighted by Gasteiger charge is -2.25. The van der Waals surface area contributed by atoms with Gasteiger partial charge in [0, 0.05) is 11.6 Å². The molecule has 0 saturated carbocycles. The molecule has 1 heterocycles. The smallest absolute Gasteiger partial charge is 0.240 e. The largest absolute Gasteiger partial charge is 0.378 e. The number of hydrogen-bond donors (Lipinski definition) is 2. The van der Waals surface area contributed by atoms with Crippen LogP contribution in [0.25, 0.3) is 0 Å². The van der Waals surface area contributed by atoms with Gasteiger partial charge in [0.2, 0.25) is 5.91 Å². The van der Waals surface area contributed by atoms with Crippen LogP contribution in [0.5, 0.6) is 0 Å². The molecule has 1 aromatic rings. The van der Waals surface area contributed by atoms with Gasteiger partial charge in [0.25, 0.3) is 0 Å². The minimum Gasteiger partial charge on any atom is -0.378 e. The van der Waals surface area contributed by atoms with E-state index in [4.69, 9.17) is 16.3 Å². The third-order valence-electron chi connectivity index (χ3n) is 2.97. The van der Waals surface area contributed by atoms with Gasteiger partial charge in [-0.2, -0.15) is 0 Å². The molecule has 1 aromatic carbocycles. The van der Waals surface area contributed by atoms with E-state index in [1.54, 1.807) is 0 Å². The molecule has 18 heavy (non-hydrogen) atoms. The van der Waals surface area contributed by atoms with Crippen LogP contribution in [0, 0.1) is 0 Å². The zero-order chi connectivity index (χ0) is 13.0. The predicted molar refractivity (Wildman–Crippen MR) is 70.6 cm³/mol. The maximum atomic E-state index is 12.0. The summed E-state index contributed by atoms with van der Waals surface area (Å²) >= 11 is 6.10. The molecule has 1 saturated heterocycles. The highest BCUT2D eigenvalue weighted by atomic mass is 35.5. The Morgan fingerprint density at radius 1 is 1.56 bits per heavy atom. The van der Waals surface area contributed by atoms with E-state index in [0.29, 0.717) is 24.8 Å². The maximum Gasteiger partial charge on any atom is 0.240 e. The zero-order valence-electron chi connectivity index (χ0n) is 10.3. The van der Waals surface area contributed by atoms with Crippen LogP contribution in [0.4, 0.5) is 0 Å². The van der Waals surface area contributed by atoms with E-state index in [2.05, 4.69) is 10.6 Å². The summed E-state index contributed by atoms with van der Waals surface area (Å²) in [5.41, 5.74) is 0.921. The van der Waals surface area contributed by atoms with Crippen LogP contribution in [0.1, 0.15) is 18.5 Å². The third kappa shape index (κ3) is 3.22. The first kappa shape index (κ1) is 13.3. The Bertz CT molecular complexity index is 419. The van der Waals surface area contributed by atoms with Gasteiger partial charge < -0.3 is 15.4 Å². The molecule has 2 rings (SSSR count). The van der Waals surface area contributed by atoms with Crippen LogP contribution in [-0.2, 0) is 9.53 Å². The lowest BCUT2D eigenvalue weighted by molar-refractivity contribution is -0.126. The molecule has 0 spiro atoms. The third-order valence-corrected chi connectivity index (χ3v) is 3.31. The van der Waals surface area contributed by atoms with Gasteiger partial charge in [0.15, 0.2) is 0 Å². The summed E-state index contributed by atoms with van der Waals surface area (Å²) in [6.45, 7) is 3.70. The highest BCUT2D eigenvalue weighted by Crippen LogP contribution is 2.22. The lowest BCUT2D eigenvalue weighted by Crippen LogP contribution is -2.51. The minimum atomic E-state index is -0.274. The molecule has 0 bridgehead atoms. The van der Waals surface area contributed by atoms with Gasteiger partial charge >= 0.3 is 0 Å². The van der Waals surface area contributed by atoms with Crippen molar-refractivity contribution in [3.8, 4) is 0 Å². The fourth-order valence-electron chi connectivity index (χ4n) is 1.95. The molecule has 0 radical (unpaired) electrons. The quantitative estimate of drug-likeness (QED) is 0.874. The van der Waals surface area contributed by atoms with Gasteiger partial charge in [0.05, 0.1) is 19.3 Å². The number of amides is 1. The second-order valence-corrected chi connectivity index (χ2v) is 4.74. The number of morpholine rings is 1. The highest BCUT2D eigenvalue weighted by molar-refractivity contribution is 6.31. The number of carbonyl (C=O) groups excluding carboxylic acids is 1. The van der Waals surface area contributed by atoms with Crippen LogP contribution in [0.15, 0.2) is 24.3 Å². The van der Waals surface area contributed by atoms with Crippen LogP contribution in [0.2, 0.25) is 5.02 Å². The Morgan fingerprint density at radius 2 is 2.33 bits per heavy atom. The standard InChI is InChI=1S/C13H17ClN2O2/c1-9(10-4-2-3-5-11(10)14)16-13(17)12-8-18-7-6-15-12/h2-5,9,12,15H,6-8H2,1H3,(H,16,17)/t9-,12?/m1/s1. The number of halogens is 1. The van der Waals surface area contributed by atoms with Gasteiger partial charge in [0.1, 0.15) is 6.04 Å². The summed E-state index contributed by atoms with van der Waals surface area (Å²) in [5.74, 6) is -0.0536. The van der Waals surface area contributed by atoms with Crippen LogP contribution >= 0.6 is 11.6 Å². The summed E-state index contributed by atoms with van der Waals surface area (Å²) in [4.78, 5) is 12.0. The van der Waals surface area contributed by atoms with Crippen molar-refractivity contribution in [1.29, 1.82) is 0 Å². The SMILES string of the molecule is C[C@@H](NC(=O)C1COCCN1)c1ccccc1Cl. The van der Waals surface area contributed by atoms with Crippen LogP contribution in [0.3, 0.4) is 0 Å². The van der Waals surface area contributed by atoms with Crippen molar-refractivity contribution in [2.45, 2.75) is 19.0 Å². The lowest BCUT2D eigenvalue weighted by atomic mass is 10.1. The van der Waals surface area contributed by atoms with Gasteiger partial charge in [-0.25, -0.2) is 0 Å². The average Bonchev–Trinajstić information content (AvgIpc) is 2.40. The van der Waals surface area contributed by atoms with Crippen LogP contribution in [-0.4, -0.2) is 31.7 Å². The van der Waals surface area contributed by atoms with E-state index >= 15 is 0 Å². The zero-order valence-corrected chi connectivity index (χ0v) is 11.0. The molecular formula is C13H17ClN2O2. The predicted octanol–water partition coefficient (Wildman–Crippen LogP) is 1.51. The molecule has 5 heteroatoms. The summed E-state index contributed by atoms with van der Waals surface area (Å²) in [6.07, 6.45) is 0. The summed E-state index contributed by atoms with van der Waals surface area (Å²) < 4.78 is 5.26. The fraction of sp³-hybridized carbons (Fsp3) is 0.462. The second kappa shape index (κ2) is 6.18. The fourth-order valence-corrected chi connectivity index (χ4v) is 2.25. The number of benzene rings is 1. The average molecular weight is 269 g/mol. The molecule has 1 aliphatic rings. The number of hydrogen-bond acceptors (Lipinski definition) is 3. The van der Waals surface area contributed by atoms with E-state index < -0.39 is 0 Å². The van der Waals surface area contributed by atoms with E-state index in [-0.39, 0.29) is 18.0 Å². The van der Waals surface area contributed by atoms with Crippen LogP contribution < -0.4 is 10.6 Å². The molecule has 2 N–H and O–H groups in total. The normalized spacial score (nSPS) is 21.3. The van der Waals surface area contributed by atoms with E-state index in [9.17, 15) is 4.79 Å². The first-order chi connectivity index (χ1) is 8.68. The van der Waals surface area contributed by atoms with Gasteiger partial charge in [-0.1, -0.05) is 29.8 Å². The molecular weight excluding hydrogens is 252 g/mol. The molecule has 2 atom stereocenters. The van der Waals surface area contributed by atoms with Crippen molar-refractivity contribution < 1.29 is 9.53 Å². The summed E-state index contributed by atoms with van der Waals surface area (Å²) in [5, 5.41) is 6.73. The number of nitrogens with one attached hydrogen (secondary N) is 2. The summed E-state index contributed by atoms with van der Waals surface area (Å²) in [6, 6.07) is 7.13. The molecule has 0 aromatic heterocycles. The Kier molecular flexibility index (Phi) is 4.58. The Labute approximate surface area is 112 Å². The van der Waals surface area contributed by atoms with Crippen molar-refractivity contribution in [3.05, 3.63) is 34.9 Å². The molecule has 0 aliphatic carbocycles. The number of carbonyl (C=O) groups is 1. The van der Waals surface area contributed by atoms with Crippen molar-refractivity contribution in [3.63, 3.8) is 0 Å². The number of rotatable bonds is 3. The first-order valence-electron chi connectivity index (χ1n) is 6.04. The maximum absolute atomic E-state index is 12.0. The van der Waals surface area contributed by atoms with E-state index in [1.807, 2.05) is 31.2 Å². The number of ether oxygens (including phenoxy) is 1. The monoisotopic (exact) mass is 268 g/mol. The van der Waals surface area contributed by atoms with Crippen molar-refractivity contribution >= 4 is 17.5 Å². The van der Waals surface area contributed by atoms with Gasteiger partial charge in [-0.15, -0.1) is 0 Å². The Morgan fingerprint density at radius 3 is 3.00 bits per heavy atom. The minimum absolute atomic E-state index is 0.0536. The molecule has 1 unspecified atom stereocenters. The Balaban J connectivity index is 1.96. The van der Waals surface area contributed by atoms with E-state index in [1.165, 1.54) is 0 Å². The van der Waals surface area contributed by atoms with Crippen molar-refractivity contribution in [2.24, 2.45) is 0 Å².